The molecule has 0 fully saturated rings. The van der Waals surface area contributed by atoms with Gasteiger partial charge in [-0.15, -0.1) is 0 Å². The summed E-state index contributed by atoms with van der Waals surface area (Å²) in [5, 5.41) is 5.48. The summed E-state index contributed by atoms with van der Waals surface area (Å²) in [6.07, 6.45) is 3.04. The van der Waals surface area contributed by atoms with Crippen LogP contribution in [0.15, 0.2) is 41.1 Å². The molecule has 2 aromatic heterocycles. The fourth-order valence-electron chi connectivity index (χ4n) is 2.00. The highest BCUT2D eigenvalue weighted by molar-refractivity contribution is 6.00. The second-order valence-electron chi connectivity index (χ2n) is 5.35. The van der Waals surface area contributed by atoms with Crippen LogP contribution >= 0.6 is 0 Å². The topological polar surface area (TPSA) is 84.2 Å². The summed E-state index contributed by atoms with van der Waals surface area (Å²) >= 11 is 0. The molecule has 22 heavy (non-hydrogen) atoms. The Morgan fingerprint density at radius 2 is 2.05 bits per heavy atom. The van der Waals surface area contributed by atoms with Crippen molar-refractivity contribution < 1.29 is 14.0 Å². The van der Waals surface area contributed by atoms with Gasteiger partial charge in [0.15, 0.2) is 5.76 Å². The maximum atomic E-state index is 12.4. The van der Waals surface area contributed by atoms with Gasteiger partial charge in [0.25, 0.3) is 5.91 Å². The van der Waals surface area contributed by atoms with Crippen LogP contribution in [0.1, 0.15) is 30.1 Å². The zero-order valence-corrected chi connectivity index (χ0v) is 12.8. The minimum Gasteiger partial charge on any atom is -0.459 e. The Labute approximate surface area is 128 Å². The Hall–Kier alpha value is -2.63. The number of aryl methyl sites for hydroxylation is 1. The fourth-order valence-corrected chi connectivity index (χ4v) is 2.00. The molecule has 2 heterocycles. The molecule has 2 amide bonds. The Kier molecular flexibility index (Phi) is 4.93. The van der Waals surface area contributed by atoms with Crippen molar-refractivity contribution in [1.82, 2.24) is 10.3 Å². The molecule has 0 aliphatic heterocycles. The number of anilines is 1. The first kappa shape index (κ1) is 15.8. The van der Waals surface area contributed by atoms with Crippen LogP contribution in [-0.4, -0.2) is 22.8 Å². The van der Waals surface area contributed by atoms with E-state index in [-0.39, 0.29) is 17.6 Å². The number of hydrogen-bond acceptors (Lipinski definition) is 4. The van der Waals surface area contributed by atoms with E-state index in [0.717, 1.165) is 5.69 Å². The number of amides is 2. The second kappa shape index (κ2) is 6.89. The SMILES string of the molecule is Cc1cc(NC(=O)C(NC(=O)c2ccco2)C(C)C)ccn1. The van der Waals surface area contributed by atoms with Crippen LogP contribution in [-0.2, 0) is 4.79 Å². The molecule has 1 unspecified atom stereocenters. The lowest BCUT2D eigenvalue weighted by Crippen LogP contribution is -2.47. The quantitative estimate of drug-likeness (QED) is 0.888. The number of carbonyl (C=O) groups excluding carboxylic acids is 2. The summed E-state index contributed by atoms with van der Waals surface area (Å²) in [5.74, 6) is -0.578. The Balaban J connectivity index is 2.07. The molecule has 6 nitrogen and oxygen atoms in total. The second-order valence-corrected chi connectivity index (χ2v) is 5.35. The molecule has 0 aromatic carbocycles. The van der Waals surface area contributed by atoms with Gasteiger partial charge in [0.1, 0.15) is 6.04 Å². The van der Waals surface area contributed by atoms with Gasteiger partial charge >= 0.3 is 0 Å². The molecular formula is C16H19N3O3. The van der Waals surface area contributed by atoms with Gasteiger partial charge in [-0.2, -0.15) is 0 Å². The van der Waals surface area contributed by atoms with Crippen LogP contribution < -0.4 is 10.6 Å². The van der Waals surface area contributed by atoms with Crippen molar-refractivity contribution in [2.75, 3.05) is 5.32 Å². The average Bonchev–Trinajstić information content (AvgIpc) is 2.98. The Bertz CT molecular complexity index is 650. The zero-order valence-electron chi connectivity index (χ0n) is 12.8. The first-order valence-corrected chi connectivity index (χ1v) is 7.05. The van der Waals surface area contributed by atoms with E-state index in [9.17, 15) is 9.59 Å². The number of rotatable bonds is 5. The van der Waals surface area contributed by atoms with Crippen molar-refractivity contribution in [3.8, 4) is 0 Å². The highest BCUT2D eigenvalue weighted by atomic mass is 16.3. The van der Waals surface area contributed by atoms with Crippen molar-refractivity contribution in [3.05, 3.63) is 48.2 Å². The number of furan rings is 1. The van der Waals surface area contributed by atoms with Crippen LogP contribution in [0.2, 0.25) is 0 Å². The van der Waals surface area contributed by atoms with Gasteiger partial charge < -0.3 is 15.1 Å². The van der Waals surface area contributed by atoms with E-state index < -0.39 is 11.9 Å². The van der Waals surface area contributed by atoms with Gasteiger partial charge in [-0.3, -0.25) is 14.6 Å². The molecule has 0 saturated carbocycles. The van der Waals surface area contributed by atoms with Gasteiger partial charge in [0.05, 0.1) is 6.26 Å². The maximum Gasteiger partial charge on any atom is 0.287 e. The number of aromatic nitrogens is 1. The van der Waals surface area contributed by atoms with Crippen molar-refractivity contribution in [3.63, 3.8) is 0 Å². The van der Waals surface area contributed by atoms with Crippen molar-refractivity contribution >= 4 is 17.5 Å². The number of carbonyl (C=O) groups is 2. The van der Waals surface area contributed by atoms with Gasteiger partial charge in [0, 0.05) is 17.6 Å². The number of nitrogens with one attached hydrogen (secondary N) is 2. The lowest BCUT2D eigenvalue weighted by atomic mass is 10.0. The van der Waals surface area contributed by atoms with E-state index in [0.29, 0.717) is 5.69 Å². The lowest BCUT2D eigenvalue weighted by Gasteiger charge is -2.21. The van der Waals surface area contributed by atoms with E-state index in [1.807, 2.05) is 20.8 Å². The molecule has 2 rings (SSSR count). The van der Waals surface area contributed by atoms with Gasteiger partial charge in [-0.1, -0.05) is 13.8 Å². The predicted octanol–water partition coefficient (Wildman–Crippen LogP) is 2.38. The van der Waals surface area contributed by atoms with Crippen LogP contribution in [0.25, 0.3) is 0 Å². The van der Waals surface area contributed by atoms with Crippen molar-refractivity contribution in [1.29, 1.82) is 0 Å². The van der Waals surface area contributed by atoms with Crippen LogP contribution in [0, 0.1) is 12.8 Å². The van der Waals surface area contributed by atoms with E-state index in [1.54, 1.807) is 30.5 Å². The summed E-state index contributed by atoms with van der Waals surface area (Å²) < 4.78 is 5.04. The van der Waals surface area contributed by atoms with Crippen LogP contribution in [0.5, 0.6) is 0 Å². The van der Waals surface area contributed by atoms with E-state index in [1.165, 1.54) is 6.26 Å². The molecule has 116 valence electrons. The third-order valence-electron chi connectivity index (χ3n) is 3.14. The molecule has 0 aliphatic carbocycles. The first-order valence-electron chi connectivity index (χ1n) is 7.05. The highest BCUT2D eigenvalue weighted by Gasteiger charge is 2.25. The van der Waals surface area contributed by atoms with Gasteiger partial charge in [0.2, 0.25) is 5.91 Å². The van der Waals surface area contributed by atoms with Crippen LogP contribution in [0.3, 0.4) is 0 Å². The number of nitrogens with zero attached hydrogens (tertiary/aromatic N) is 1. The smallest absolute Gasteiger partial charge is 0.287 e. The largest absolute Gasteiger partial charge is 0.459 e. The van der Waals surface area contributed by atoms with E-state index >= 15 is 0 Å². The Morgan fingerprint density at radius 1 is 1.27 bits per heavy atom. The molecule has 2 aromatic rings. The number of hydrogen-bond donors (Lipinski definition) is 2. The van der Waals surface area contributed by atoms with Crippen LogP contribution in [0.4, 0.5) is 5.69 Å². The third kappa shape index (κ3) is 3.94. The highest BCUT2D eigenvalue weighted by Crippen LogP contribution is 2.11. The summed E-state index contributed by atoms with van der Waals surface area (Å²) in [4.78, 5) is 28.5. The van der Waals surface area contributed by atoms with Gasteiger partial charge in [-0.25, -0.2) is 0 Å². The predicted molar refractivity (Wildman–Crippen MR) is 82.4 cm³/mol. The van der Waals surface area contributed by atoms with E-state index in [4.69, 9.17) is 4.42 Å². The zero-order chi connectivity index (χ0) is 16.1. The molecule has 0 bridgehead atoms. The number of pyridine rings is 1. The van der Waals surface area contributed by atoms with E-state index in [2.05, 4.69) is 15.6 Å². The molecule has 0 spiro atoms. The Morgan fingerprint density at radius 3 is 2.64 bits per heavy atom. The molecule has 0 aliphatic rings. The summed E-state index contributed by atoms with van der Waals surface area (Å²) in [5.41, 5.74) is 1.45. The van der Waals surface area contributed by atoms with Gasteiger partial charge in [-0.05, 0) is 37.1 Å². The molecular weight excluding hydrogens is 282 g/mol. The minimum absolute atomic E-state index is 0.0677. The molecule has 0 saturated heterocycles. The molecule has 1 atom stereocenters. The lowest BCUT2D eigenvalue weighted by molar-refractivity contribution is -0.118. The fraction of sp³-hybridized carbons (Fsp3) is 0.312. The molecule has 6 heteroatoms. The van der Waals surface area contributed by atoms with Crippen molar-refractivity contribution in [2.45, 2.75) is 26.8 Å². The third-order valence-corrected chi connectivity index (χ3v) is 3.14. The molecule has 0 radical (unpaired) electrons. The summed E-state index contributed by atoms with van der Waals surface area (Å²) in [6, 6.07) is 5.99. The molecule has 2 N–H and O–H groups in total. The summed E-state index contributed by atoms with van der Waals surface area (Å²) in [6.45, 7) is 5.57. The average molecular weight is 301 g/mol. The normalized spacial score (nSPS) is 12.0. The first-order chi connectivity index (χ1) is 10.5. The van der Waals surface area contributed by atoms with Crippen molar-refractivity contribution in [2.24, 2.45) is 5.92 Å². The monoisotopic (exact) mass is 301 g/mol. The maximum absolute atomic E-state index is 12.4. The summed E-state index contributed by atoms with van der Waals surface area (Å²) in [7, 11) is 0. The standard InChI is InChI=1S/C16H19N3O3/c1-10(2)14(19-15(20)13-5-4-8-22-13)16(21)18-12-6-7-17-11(3)9-12/h4-10,14H,1-3H3,(H,19,20)(H,17,18,21). The minimum atomic E-state index is -0.661.